The van der Waals surface area contributed by atoms with Crippen molar-refractivity contribution in [1.82, 2.24) is 0 Å². The van der Waals surface area contributed by atoms with Gasteiger partial charge in [0.15, 0.2) is 11.6 Å². The molecule has 0 bridgehead atoms. The third-order valence-corrected chi connectivity index (χ3v) is 7.24. The Morgan fingerprint density at radius 3 is 2.18 bits per heavy atom. The molecular weight excluding hydrogens is 416 g/mol. The molecule has 0 unspecified atom stereocenters. The van der Waals surface area contributed by atoms with E-state index in [0.29, 0.717) is 6.42 Å². The fourth-order valence-corrected chi connectivity index (χ4v) is 5.51. The number of ketones is 1. The predicted molar refractivity (Wildman–Crippen MR) is 130 cm³/mol. The fourth-order valence-electron chi connectivity index (χ4n) is 5.51. The van der Waals surface area contributed by atoms with E-state index in [1.54, 1.807) is 12.2 Å². The molecule has 2 fully saturated rings. The van der Waals surface area contributed by atoms with Crippen LogP contribution in [0.1, 0.15) is 117 Å². The van der Waals surface area contributed by atoms with Gasteiger partial charge in [0, 0.05) is 26.2 Å². The van der Waals surface area contributed by atoms with E-state index < -0.39 is 11.4 Å². The second-order valence-electron chi connectivity index (χ2n) is 10.3. The Morgan fingerprint density at radius 1 is 0.970 bits per heavy atom. The van der Waals surface area contributed by atoms with E-state index >= 15 is 0 Å². The van der Waals surface area contributed by atoms with E-state index in [1.165, 1.54) is 71.1 Å². The molecule has 2 spiro atoms. The van der Waals surface area contributed by atoms with Crippen LogP contribution in [0.5, 0.6) is 0 Å². The Bertz CT molecular complexity index is 680. The third kappa shape index (κ3) is 8.36. The molecule has 0 radical (unpaired) electrons. The summed E-state index contributed by atoms with van der Waals surface area (Å²) >= 11 is 0. The highest BCUT2D eigenvalue weighted by Gasteiger charge is 2.53. The molecule has 2 aliphatic heterocycles. The molecule has 3 rings (SSSR count). The van der Waals surface area contributed by atoms with Gasteiger partial charge in [-0.25, -0.2) is 0 Å². The molecule has 5 nitrogen and oxygen atoms in total. The number of hydrogen-bond donors (Lipinski definition) is 0. The quantitative estimate of drug-likeness (QED) is 0.225. The summed E-state index contributed by atoms with van der Waals surface area (Å²) in [4.78, 5) is 23.2. The Morgan fingerprint density at radius 2 is 1.58 bits per heavy atom. The highest BCUT2D eigenvalue weighted by Crippen LogP contribution is 2.48. The van der Waals surface area contributed by atoms with Crippen molar-refractivity contribution < 1.29 is 23.8 Å². The summed E-state index contributed by atoms with van der Waals surface area (Å²) in [6.07, 6.45) is 25.0. The van der Waals surface area contributed by atoms with Crippen LogP contribution in [0.4, 0.5) is 0 Å². The fraction of sp³-hybridized carbons (Fsp3) is 0.786. The lowest BCUT2D eigenvalue weighted by molar-refractivity contribution is -0.293. The standard InChI is InChI=1S/C28H44O5/c1-3-4-5-6-7-8-9-10-11-12-13-14-25-21-26(31-23(2)29)22-28(32-25)20-19-27(33-28)17-15-24(30)16-18-27/h15-18,25-26H,3-14,19-22H2,1-2H3/t25-,26-,28-/m1/s1. The highest BCUT2D eigenvalue weighted by molar-refractivity contribution is 6.00. The molecule has 2 heterocycles. The van der Waals surface area contributed by atoms with Gasteiger partial charge in [0.1, 0.15) is 11.7 Å². The molecule has 0 saturated carbocycles. The Hall–Kier alpha value is -1.46. The van der Waals surface area contributed by atoms with Crippen LogP contribution in [0.3, 0.4) is 0 Å². The molecule has 5 heteroatoms. The normalized spacial score (nSPS) is 28.1. The summed E-state index contributed by atoms with van der Waals surface area (Å²) in [5.74, 6) is -1.00. The van der Waals surface area contributed by atoms with E-state index in [1.807, 2.05) is 12.2 Å². The maximum absolute atomic E-state index is 11.6. The third-order valence-electron chi connectivity index (χ3n) is 7.24. The second-order valence-corrected chi connectivity index (χ2v) is 10.3. The van der Waals surface area contributed by atoms with Crippen LogP contribution in [0, 0.1) is 0 Å². The van der Waals surface area contributed by atoms with Gasteiger partial charge in [-0.05, 0) is 37.1 Å². The van der Waals surface area contributed by atoms with E-state index in [9.17, 15) is 9.59 Å². The molecule has 1 aliphatic carbocycles. The zero-order chi connectivity index (χ0) is 23.6. The van der Waals surface area contributed by atoms with Gasteiger partial charge in [0.25, 0.3) is 0 Å². The summed E-state index contributed by atoms with van der Waals surface area (Å²) in [7, 11) is 0. The van der Waals surface area contributed by atoms with Crippen LogP contribution < -0.4 is 0 Å². The van der Waals surface area contributed by atoms with Crippen LogP contribution in [-0.2, 0) is 23.8 Å². The summed E-state index contributed by atoms with van der Waals surface area (Å²) in [5, 5.41) is 0. The minimum Gasteiger partial charge on any atom is -0.462 e. The molecule has 0 N–H and O–H groups in total. The maximum atomic E-state index is 11.6. The van der Waals surface area contributed by atoms with Crippen LogP contribution >= 0.6 is 0 Å². The maximum Gasteiger partial charge on any atom is 0.302 e. The van der Waals surface area contributed by atoms with E-state index in [4.69, 9.17) is 14.2 Å². The Balaban J connectivity index is 1.41. The first-order chi connectivity index (χ1) is 15.9. The average Bonchev–Trinajstić information content (AvgIpc) is 3.10. The van der Waals surface area contributed by atoms with Gasteiger partial charge in [-0.3, -0.25) is 9.59 Å². The molecule has 33 heavy (non-hydrogen) atoms. The lowest BCUT2D eigenvalue weighted by Gasteiger charge is -2.42. The zero-order valence-electron chi connectivity index (χ0n) is 20.8. The van der Waals surface area contributed by atoms with Crippen molar-refractivity contribution in [3.05, 3.63) is 24.3 Å². The first-order valence-corrected chi connectivity index (χ1v) is 13.4. The van der Waals surface area contributed by atoms with Crippen LogP contribution in [-0.4, -0.2) is 35.3 Å². The number of hydrogen-bond acceptors (Lipinski definition) is 5. The number of carbonyl (C=O) groups excluding carboxylic acids is 2. The Labute approximate surface area is 200 Å². The van der Waals surface area contributed by atoms with Crippen LogP contribution in [0.25, 0.3) is 0 Å². The molecule has 3 aliphatic rings. The van der Waals surface area contributed by atoms with Crippen molar-refractivity contribution >= 4 is 11.8 Å². The highest BCUT2D eigenvalue weighted by atomic mass is 16.7. The van der Waals surface area contributed by atoms with Crippen molar-refractivity contribution in [3.8, 4) is 0 Å². The number of unbranched alkanes of at least 4 members (excludes halogenated alkanes) is 10. The smallest absolute Gasteiger partial charge is 0.302 e. The number of rotatable bonds is 13. The summed E-state index contributed by atoms with van der Waals surface area (Å²) in [5.41, 5.74) is -0.576. The first-order valence-electron chi connectivity index (χ1n) is 13.4. The Kier molecular flexibility index (Phi) is 10.2. The van der Waals surface area contributed by atoms with Crippen molar-refractivity contribution in [2.75, 3.05) is 0 Å². The SMILES string of the molecule is CCCCCCCCCCCCC[C@@H]1C[C@@H](OC(C)=O)C[C@]2(CCC3(C=CC(=O)C=C3)O2)O1. The lowest BCUT2D eigenvalue weighted by atomic mass is 9.91. The molecule has 0 aromatic rings. The molecule has 0 aromatic heterocycles. The number of ether oxygens (including phenoxy) is 3. The van der Waals surface area contributed by atoms with Gasteiger partial charge in [0.05, 0.1) is 6.10 Å². The van der Waals surface area contributed by atoms with Gasteiger partial charge in [-0.1, -0.05) is 77.6 Å². The van der Waals surface area contributed by atoms with E-state index in [-0.39, 0.29) is 24.0 Å². The van der Waals surface area contributed by atoms with Crippen LogP contribution in [0.15, 0.2) is 24.3 Å². The summed E-state index contributed by atoms with van der Waals surface area (Å²) in [6.45, 7) is 3.73. The van der Waals surface area contributed by atoms with Crippen molar-refractivity contribution in [1.29, 1.82) is 0 Å². The minimum absolute atomic E-state index is 0.0121. The van der Waals surface area contributed by atoms with Gasteiger partial charge in [0.2, 0.25) is 0 Å². The predicted octanol–water partition coefficient (Wildman–Crippen LogP) is 6.74. The topological polar surface area (TPSA) is 61.8 Å². The monoisotopic (exact) mass is 460 g/mol. The number of carbonyl (C=O) groups is 2. The van der Waals surface area contributed by atoms with Crippen LogP contribution in [0.2, 0.25) is 0 Å². The summed E-state index contributed by atoms with van der Waals surface area (Å²) in [6, 6.07) is 0. The average molecular weight is 461 g/mol. The molecule has 0 amide bonds. The van der Waals surface area contributed by atoms with Crippen molar-refractivity contribution in [2.45, 2.75) is 140 Å². The second kappa shape index (κ2) is 12.9. The first kappa shape index (κ1) is 26.2. The van der Waals surface area contributed by atoms with E-state index in [0.717, 1.165) is 32.1 Å². The number of allylic oxidation sites excluding steroid dienone is 2. The minimum atomic E-state index is -0.740. The molecule has 2 saturated heterocycles. The summed E-state index contributed by atoms with van der Waals surface area (Å²) < 4.78 is 18.6. The zero-order valence-corrected chi connectivity index (χ0v) is 20.8. The van der Waals surface area contributed by atoms with Gasteiger partial charge in [-0.15, -0.1) is 0 Å². The van der Waals surface area contributed by atoms with Crippen molar-refractivity contribution in [3.63, 3.8) is 0 Å². The molecule has 186 valence electrons. The number of esters is 1. The molecule has 3 atom stereocenters. The van der Waals surface area contributed by atoms with Crippen molar-refractivity contribution in [2.24, 2.45) is 0 Å². The van der Waals surface area contributed by atoms with Gasteiger partial charge < -0.3 is 14.2 Å². The lowest BCUT2D eigenvalue weighted by Crippen LogP contribution is -2.48. The molecular formula is C28H44O5. The molecule has 0 aromatic carbocycles. The van der Waals surface area contributed by atoms with E-state index in [2.05, 4.69) is 6.92 Å². The largest absolute Gasteiger partial charge is 0.462 e. The van der Waals surface area contributed by atoms with Gasteiger partial charge >= 0.3 is 5.97 Å². The van der Waals surface area contributed by atoms with Gasteiger partial charge in [-0.2, -0.15) is 0 Å².